The van der Waals surface area contributed by atoms with Gasteiger partial charge in [0.1, 0.15) is 12.4 Å². The summed E-state index contributed by atoms with van der Waals surface area (Å²) >= 11 is 0. The van der Waals surface area contributed by atoms with E-state index in [1.54, 1.807) is 12.1 Å². The number of ether oxygens (including phenoxy) is 1. The van der Waals surface area contributed by atoms with Gasteiger partial charge in [0.25, 0.3) is 0 Å². The number of carbonyl (C=O) groups is 1. The van der Waals surface area contributed by atoms with Gasteiger partial charge in [-0.05, 0) is 30.5 Å². The Bertz CT molecular complexity index is 357. The van der Waals surface area contributed by atoms with Gasteiger partial charge >= 0.3 is 5.97 Å². The number of hydrogen-bond donors (Lipinski definition) is 1. The predicted molar refractivity (Wildman–Crippen MR) is 76.2 cm³/mol. The quantitative estimate of drug-likeness (QED) is 0.422. The summed E-state index contributed by atoms with van der Waals surface area (Å²) in [4.78, 5) is 10.9. The molecule has 1 aromatic rings. The maximum atomic E-state index is 10.9. The van der Waals surface area contributed by atoms with Gasteiger partial charge in [0, 0.05) is 0 Å². The molecule has 3 nitrogen and oxygen atoms in total. The molecule has 0 fully saturated rings. The first-order valence-corrected chi connectivity index (χ1v) is 7.16. The molecule has 0 aromatic heterocycles. The zero-order valence-electron chi connectivity index (χ0n) is 11.7. The Morgan fingerprint density at radius 2 is 1.68 bits per heavy atom. The van der Waals surface area contributed by atoms with Gasteiger partial charge < -0.3 is 9.84 Å². The summed E-state index contributed by atoms with van der Waals surface area (Å²) in [5.41, 5.74) is 1.26. The molecule has 0 atom stereocenters. The van der Waals surface area contributed by atoms with Crippen molar-refractivity contribution in [2.45, 2.75) is 51.9 Å². The van der Waals surface area contributed by atoms with Crippen LogP contribution in [0.25, 0.3) is 0 Å². The number of hydrogen-bond acceptors (Lipinski definition) is 3. The molecule has 0 amide bonds. The highest BCUT2D eigenvalue weighted by molar-refractivity contribution is 5.73. The van der Waals surface area contributed by atoms with Crippen LogP contribution in [0.5, 0.6) is 5.75 Å². The Morgan fingerprint density at radius 3 is 2.32 bits per heavy atom. The lowest BCUT2D eigenvalue weighted by Gasteiger charge is -2.05. The predicted octanol–water partition coefficient (Wildman–Crippen LogP) is 3.49. The van der Waals surface area contributed by atoms with Crippen molar-refractivity contribution >= 4 is 5.97 Å². The molecule has 0 aliphatic heterocycles. The maximum Gasteiger partial charge on any atom is 0.337 e. The molecule has 0 saturated heterocycles. The van der Waals surface area contributed by atoms with E-state index in [2.05, 4.69) is 6.92 Å². The van der Waals surface area contributed by atoms with Crippen LogP contribution < -0.4 is 4.74 Å². The first kappa shape index (κ1) is 15.7. The van der Waals surface area contributed by atoms with E-state index in [1.165, 1.54) is 44.1 Å². The highest BCUT2D eigenvalue weighted by Crippen LogP contribution is 2.15. The second-order valence-corrected chi connectivity index (χ2v) is 4.79. The van der Waals surface area contributed by atoms with Crippen LogP contribution in [0.1, 0.15) is 51.0 Å². The lowest BCUT2D eigenvalue weighted by Crippen LogP contribution is -2.11. The third-order valence-corrected chi connectivity index (χ3v) is 3.10. The molecule has 1 rings (SSSR count). The Hall–Kier alpha value is -1.35. The zero-order valence-corrected chi connectivity index (χ0v) is 11.7. The molecule has 106 valence electrons. The molecular weight excluding hydrogens is 240 g/mol. The van der Waals surface area contributed by atoms with Gasteiger partial charge in [-0.3, -0.25) is 0 Å². The van der Waals surface area contributed by atoms with Crippen molar-refractivity contribution in [2.24, 2.45) is 0 Å². The molecule has 0 bridgehead atoms. The number of aryl methyl sites for hydroxylation is 1. The summed E-state index contributed by atoms with van der Waals surface area (Å²) in [5.74, 6) is -0.130. The summed E-state index contributed by atoms with van der Waals surface area (Å²) in [6, 6.07) is 7.51. The van der Waals surface area contributed by atoms with Crippen molar-refractivity contribution in [3.63, 3.8) is 0 Å². The maximum absolute atomic E-state index is 10.9. The van der Waals surface area contributed by atoms with Crippen LogP contribution >= 0.6 is 0 Å². The Kier molecular flexibility index (Phi) is 7.91. The number of unbranched alkanes of at least 4 members (excludes halogenated alkanes) is 5. The van der Waals surface area contributed by atoms with E-state index in [9.17, 15) is 4.79 Å². The smallest absolute Gasteiger partial charge is 0.337 e. The summed E-state index contributed by atoms with van der Waals surface area (Å²) in [7, 11) is 0. The number of aliphatic hydroxyl groups excluding tert-OH is 1. The Labute approximate surface area is 115 Å². The van der Waals surface area contributed by atoms with E-state index < -0.39 is 12.6 Å². The van der Waals surface area contributed by atoms with Crippen molar-refractivity contribution in [1.29, 1.82) is 0 Å². The molecule has 0 aliphatic carbocycles. The minimum atomic E-state index is -0.622. The molecule has 0 aliphatic rings. The average molecular weight is 264 g/mol. The minimum Gasteiger partial charge on any atom is -0.425 e. The van der Waals surface area contributed by atoms with Crippen LogP contribution in [0.4, 0.5) is 0 Å². The molecule has 0 saturated carbocycles. The lowest BCUT2D eigenvalue weighted by molar-refractivity contribution is -0.137. The number of carbonyl (C=O) groups excluding carboxylic acids is 1. The summed E-state index contributed by atoms with van der Waals surface area (Å²) in [6.07, 6.45) is 8.84. The number of esters is 1. The molecule has 0 radical (unpaired) electrons. The first-order valence-electron chi connectivity index (χ1n) is 7.16. The van der Waals surface area contributed by atoms with E-state index in [4.69, 9.17) is 9.84 Å². The number of rotatable bonds is 9. The average Bonchev–Trinajstić information content (AvgIpc) is 2.44. The molecule has 0 spiro atoms. The van der Waals surface area contributed by atoms with Gasteiger partial charge in [-0.1, -0.05) is 51.2 Å². The van der Waals surface area contributed by atoms with Crippen LogP contribution in [-0.2, 0) is 11.2 Å². The number of aliphatic hydroxyl groups is 1. The molecule has 1 aromatic carbocycles. The van der Waals surface area contributed by atoms with Crippen LogP contribution in [-0.4, -0.2) is 17.7 Å². The molecule has 19 heavy (non-hydrogen) atoms. The third-order valence-electron chi connectivity index (χ3n) is 3.10. The van der Waals surface area contributed by atoms with Gasteiger partial charge in [0.05, 0.1) is 0 Å². The largest absolute Gasteiger partial charge is 0.425 e. The summed E-state index contributed by atoms with van der Waals surface area (Å²) in [6.45, 7) is 1.64. The van der Waals surface area contributed by atoms with Crippen LogP contribution in [0, 0.1) is 0 Å². The van der Waals surface area contributed by atoms with Gasteiger partial charge in [-0.2, -0.15) is 0 Å². The van der Waals surface area contributed by atoms with Crippen molar-refractivity contribution in [3.05, 3.63) is 29.8 Å². The fourth-order valence-electron chi connectivity index (χ4n) is 2.00. The second kappa shape index (κ2) is 9.56. The summed E-state index contributed by atoms with van der Waals surface area (Å²) < 4.78 is 4.90. The first-order chi connectivity index (χ1) is 9.26. The Morgan fingerprint density at radius 1 is 1.05 bits per heavy atom. The monoisotopic (exact) mass is 264 g/mol. The normalized spacial score (nSPS) is 10.4. The van der Waals surface area contributed by atoms with Gasteiger partial charge in [0.2, 0.25) is 0 Å². The van der Waals surface area contributed by atoms with Crippen LogP contribution in [0.2, 0.25) is 0 Å². The molecule has 0 heterocycles. The molecular formula is C16H24O3. The fraction of sp³-hybridized carbons (Fsp3) is 0.562. The van der Waals surface area contributed by atoms with Crippen LogP contribution in [0.3, 0.4) is 0 Å². The van der Waals surface area contributed by atoms with Crippen LogP contribution in [0.15, 0.2) is 24.3 Å². The molecule has 0 unspecified atom stereocenters. The van der Waals surface area contributed by atoms with Crippen molar-refractivity contribution in [1.82, 2.24) is 0 Å². The topological polar surface area (TPSA) is 46.5 Å². The molecule has 3 heteroatoms. The standard InChI is InChI=1S/C16H24O3/c1-2-3-4-5-6-7-8-14-9-11-15(12-10-14)19-16(18)13-17/h9-12,17H,2-8,13H2,1H3. The SMILES string of the molecule is CCCCCCCCc1ccc(OC(=O)CO)cc1. The summed E-state index contributed by atoms with van der Waals surface area (Å²) in [5, 5.41) is 8.58. The van der Waals surface area contributed by atoms with Gasteiger partial charge in [-0.15, -0.1) is 0 Å². The van der Waals surface area contributed by atoms with Gasteiger partial charge in [-0.25, -0.2) is 4.79 Å². The molecule has 1 N–H and O–H groups in total. The van der Waals surface area contributed by atoms with E-state index in [-0.39, 0.29) is 0 Å². The highest BCUT2D eigenvalue weighted by atomic mass is 16.5. The highest BCUT2D eigenvalue weighted by Gasteiger charge is 2.02. The second-order valence-electron chi connectivity index (χ2n) is 4.79. The van der Waals surface area contributed by atoms with Crippen molar-refractivity contribution in [2.75, 3.05) is 6.61 Å². The lowest BCUT2D eigenvalue weighted by atomic mass is 10.0. The fourth-order valence-corrected chi connectivity index (χ4v) is 2.00. The van der Waals surface area contributed by atoms with E-state index in [0.29, 0.717) is 5.75 Å². The van der Waals surface area contributed by atoms with E-state index in [1.807, 2.05) is 12.1 Å². The number of benzene rings is 1. The van der Waals surface area contributed by atoms with Gasteiger partial charge in [0.15, 0.2) is 0 Å². The Balaban J connectivity index is 2.22. The van der Waals surface area contributed by atoms with Crippen molar-refractivity contribution < 1.29 is 14.6 Å². The van der Waals surface area contributed by atoms with E-state index in [0.717, 1.165) is 6.42 Å². The zero-order chi connectivity index (χ0) is 13.9. The minimum absolute atomic E-state index is 0.491. The van der Waals surface area contributed by atoms with Crippen molar-refractivity contribution in [3.8, 4) is 5.75 Å². The van der Waals surface area contributed by atoms with E-state index >= 15 is 0 Å². The third kappa shape index (κ3) is 6.97.